The van der Waals surface area contributed by atoms with E-state index < -0.39 is 0 Å². The number of carbonyl (C=O) groups excluding carboxylic acids is 2. The monoisotopic (exact) mass is 421 g/mol. The van der Waals surface area contributed by atoms with Crippen LogP contribution >= 0.6 is 0 Å². The number of hydrogen-bond donors (Lipinski definition) is 0. The van der Waals surface area contributed by atoms with E-state index in [1.54, 1.807) is 38.7 Å². The number of imide groups is 1. The van der Waals surface area contributed by atoms with E-state index in [2.05, 4.69) is 16.8 Å². The minimum absolute atomic E-state index is 0.213. The molecule has 0 N–H and O–H groups in total. The standard InChI is InChI=1S/C24H27N3O4/c1-16-8-12-26(13-9-16)22-21(18-4-5-19(30-2)20(14-18)31-3)23(28)27(24(22)29)15-17-6-10-25-11-7-17/h4-7,10-11,14,16H,8-9,12-13,15H2,1-3H3. The third-order valence-electron chi connectivity index (χ3n) is 6.01. The van der Waals surface area contributed by atoms with Crippen LogP contribution in [0.25, 0.3) is 5.57 Å². The molecule has 2 aliphatic rings. The summed E-state index contributed by atoms with van der Waals surface area (Å²) in [6.07, 6.45) is 5.31. The maximum Gasteiger partial charge on any atom is 0.278 e. The summed E-state index contributed by atoms with van der Waals surface area (Å²) in [5.41, 5.74) is 2.42. The Balaban J connectivity index is 1.76. The molecule has 0 bridgehead atoms. The van der Waals surface area contributed by atoms with Crippen LogP contribution in [0.1, 0.15) is 30.9 Å². The van der Waals surface area contributed by atoms with Crippen LogP contribution < -0.4 is 9.47 Å². The topological polar surface area (TPSA) is 72.0 Å². The van der Waals surface area contributed by atoms with E-state index in [-0.39, 0.29) is 18.4 Å². The highest BCUT2D eigenvalue weighted by Gasteiger charge is 2.42. The van der Waals surface area contributed by atoms with Gasteiger partial charge in [-0.25, -0.2) is 0 Å². The maximum absolute atomic E-state index is 13.5. The molecular formula is C24H27N3O4. The first-order valence-corrected chi connectivity index (χ1v) is 10.5. The van der Waals surface area contributed by atoms with Gasteiger partial charge in [0.05, 0.1) is 26.3 Å². The number of methoxy groups -OCH3 is 2. The number of carbonyl (C=O) groups is 2. The Kier molecular flexibility index (Phi) is 5.93. The third-order valence-corrected chi connectivity index (χ3v) is 6.01. The van der Waals surface area contributed by atoms with Gasteiger partial charge in [0.2, 0.25) is 0 Å². The molecule has 2 aromatic rings. The van der Waals surface area contributed by atoms with Crippen molar-refractivity contribution in [3.63, 3.8) is 0 Å². The summed E-state index contributed by atoms with van der Waals surface area (Å²) < 4.78 is 10.8. The maximum atomic E-state index is 13.5. The molecule has 31 heavy (non-hydrogen) atoms. The van der Waals surface area contributed by atoms with Gasteiger partial charge in [-0.2, -0.15) is 0 Å². The molecule has 7 heteroatoms. The Morgan fingerprint density at radius 2 is 1.65 bits per heavy atom. The van der Waals surface area contributed by atoms with Crippen molar-refractivity contribution in [2.45, 2.75) is 26.3 Å². The largest absolute Gasteiger partial charge is 0.493 e. The number of benzene rings is 1. The Hall–Kier alpha value is -3.35. The summed E-state index contributed by atoms with van der Waals surface area (Å²) in [6, 6.07) is 8.97. The molecule has 1 aromatic heterocycles. The summed E-state index contributed by atoms with van der Waals surface area (Å²) in [6.45, 7) is 3.95. The van der Waals surface area contributed by atoms with Crippen molar-refractivity contribution in [3.05, 3.63) is 59.5 Å². The summed E-state index contributed by atoms with van der Waals surface area (Å²) in [5, 5.41) is 0. The third kappa shape index (κ3) is 4.00. The number of ether oxygens (including phenoxy) is 2. The highest BCUT2D eigenvalue weighted by Crippen LogP contribution is 2.38. The smallest absolute Gasteiger partial charge is 0.278 e. The molecule has 162 valence electrons. The molecular weight excluding hydrogens is 394 g/mol. The average Bonchev–Trinajstić information content (AvgIpc) is 3.04. The highest BCUT2D eigenvalue weighted by atomic mass is 16.5. The molecule has 3 heterocycles. The highest BCUT2D eigenvalue weighted by molar-refractivity contribution is 6.35. The van der Waals surface area contributed by atoms with Gasteiger partial charge in [-0.3, -0.25) is 19.5 Å². The minimum atomic E-state index is -0.289. The summed E-state index contributed by atoms with van der Waals surface area (Å²) in [4.78, 5) is 34.4. The molecule has 0 atom stereocenters. The number of hydrogen-bond acceptors (Lipinski definition) is 6. The second-order valence-electron chi connectivity index (χ2n) is 8.01. The van der Waals surface area contributed by atoms with Gasteiger partial charge in [-0.05, 0) is 54.2 Å². The molecule has 2 aliphatic heterocycles. The van der Waals surface area contributed by atoms with Gasteiger partial charge in [0, 0.05) is 25.5 Å². The fourth-order valence-corrected chi connectivity index (χ4v) is 4.16. The zero-order chi connectivity index (χ0) is 22.0. The Morgan fingerprint density at radius 1 is 0.968 bits per heavy atom. The van der Waals surface area contributed by atoms with E-state index in [0.29, 0.717) is 34.3 Å². The first kappa shape index (κ1) is 20.9. The van der Waals surface area contributed by atoms with Gasteiger partial charge in [0.1, 0.15) is 5.70 Å². The number of pyridine rings is 1. The van der Waals surface area contributed by atoms with Gasteiger partial charge >= 0.3 is 0 Å². The molecule has 0 spiro atoms. The number of rotatable bonds is 6. The molecule has 4 rings (SSSR count). The van der Waals surface area contributed by atoms with Crippen molar-refractivity contribution in [1.29, 1.82) is 0 Å². The lowest BCUT2D eigenvalue weighted by Crippen LogP contribution is -2.38. The van der Waals surface area contributed by atoms with E-state index in [1.165, 1.54) is 4.90 Å². The number of piperidine rings is 1. The van der Waals surface area contributed by atoms with E-state index in [9.17, 15) is 9.59 Å². The molecule has 0 radical (unpaired) electrons. The van der Waals surface area contributed by atoms with Crippen LogP contribution in [0.5, 0.6) is 11.5 Å². The van der Waals surface area contributed by atoms with Crippen molar-refractivity contribution < 1.29 is 19.1 Å². The van der Waals surface area contributed by atoms with Crippen LogP contribution in [0.3, 0.4) is 0 Å². The normalized spacial score (nSPS) is 17.5. The van der Waals surface area contributed by atoms with Gasteiger partial charge in [-0.1, -0.05) is 13.0 Å². The predicted octanol–water partition coefficient (Wildman–Crippen LogP) is 3.11. The van der Waals surface area contributed by atoms with Crippen LogP contribution in [-0.4, -0.2) is 53.9 Å². The molecule has 1 aromatic carbocycles. The zero-order valence-electron chi connectivity index (χ0n) is 18.1. The molecule has 2 amide bonds. The van der Waals surface area contributed by atoms with Crippen LogP contribution in [0.4, 0.5) is 0 Å². The molecule has 0 aliphatic carbocycles. The SMILES string of the molecule is COc1ccc(C2=C(N3CCC(C)CC3)C(=O)N(Cc3ccncc3)C2=O)cc1OC. The lowest BCUT2D eigenvalue weighted by Gasteiger charge is -2.32. The van der Waals surface area contributed by atoms with Crippen LogP contribution in [0, 0.1) is 5.92 Å². The summed E-state index contributed by atoms with van der Waals surface area (Å²) in [5.74, 6) is 1.17. The van der Waals surface area contributed by atoms with Crippen molar-refractivity contribution in [2.24, 2.45) is 5.92 Å². The van der Waals surface area contributed by atoms with Gasteiger partial charge < -0.3 is 14.4 Å². The average molecular weight is 421 g/mol. The van der Waals surface area contributed by atoms with Crippen LogP contribution in [-0.2, 0) is 16.1 Å². The fraction of sp³-hybridized carbons (Fsp3) is 0.375. The summed E-state index contributed by atoms with van der Waals surface area (Å²) in [7, 11) is 3.12. The lowest BCUT2D eigenvalue weighted by molar-refractivity contribution is -0.138. The molecule has 1 saturated heterocycles. The Labute approximate surface area is 182 Å². The summed E-state index contributed by atoms with van der Waals surface area (Å²) >= 11 is 0. The van der Waals surface area contributed by atoms with Crippen LogP contribution in [0.2, 0.25) is 0 Å². The molecule has 7 nitrogen and oxygen atoms in total. The minimum Gasteiger partial charge on any atom is -0.493 e. The van der Waals surface area contributed by atoms with Crippen molar-refractivity contribution in [2.75, 3.05) is 27.3 Å². The second kappa shape index (κ2) is 8.79. The van der Waals surface area contributed by atoms with Gasteiger partial charge in [0.25, 0.3) is 11.8 Å². The Bertz CT molecular complexity index is 1010. The quantitative estimate of drug-likeness (QED) is 0.668. The van der Waals surface area contributed by atoms with Crippen LogP contribution in [0.15, 0.2) is 48.4 Å². The number of nitrogens with zero attached hydrogens (tertiary/aromatic N) is 3. The number of aromatic nitrogens is 1. The van der Waals surface area contributed by atoms with Crippen molar-refractivity contribution in [3.8, 4) is 11.5 Å². The molecule has 1 fully saturated rings. The number of likely N-dealkylation sites (tertiary alicyclic amines) is 1. The van der Waals surface area contributed by atoms with Gasteiger partial charge in [0.15, 0.2) is 11.5 Å². The predicted molar refractivity (Wildman–Crippen MR) is 116 cm³/mol. The Morgan fingerprint density at radius 3 is 2.29 bits per heavy atom. The second-order valence-corrected chi connectivity index (χ2v) is 8.01. The zero-order valence-corrected chi connectivity index (χ0v) is 18.1. The van der Waals surface area contributed by atoms with E-state index in [1.807, 2.05) is 18.2 Å². The molecule has 0 unspecified atom stereocenters. The number of amides is 2. The van der Waals surface area contributed by atoms with E-state index in [0.717, 1.165) is 31.5 Å². The lowest BCUT2D eigenvalue weighted by atomic mass is 9.97. The first-order valence-electron chi connectivity index (χ1n) is 10.5. The van der Waals surface area contributed by atoms with Crippen molar-refractivity contribution in [1.82, 2.24) is 14.8 Å². The van der Waals surface area contributed by atoms with Crippen molar-refractivity contribution >= 4 is 17.4 Å². The fourth-order valence-electron chi connectivity index (χ4n) is 4.16. The molecule has 0 saturated carbocycles. The van der Waals surface area contributed by atoms with E-state index >= 15 is 0 Å². The van der Waals surface area contributed by atoms with E-state index in [4.69, 9.17) is 9.47 Å². The first-order chi connectivity index (χ1) is 15.0. The van der Waals surface area contributed by atoms with Gasteiger partial charge in [-0.15, -0.1) is 0 Å².